The molecule has 0 saturated heterocycles. The van der Waals surface area contributed by atoms with Crippen LogP contribution in [-0.4, -0.2) is 12.1 Å². The number of benzene rings is 3. The SMILES string of the molecule is Cc1ccc(/C=N/NC(=O)c2cc3c(ccc4ccccc43)o2)cc1Br. The molecule has 4 aromatic rings. The van der Waals surface area contributed by atoms with E-state index in [9.17, 15) is 4.79 Å². The molecule has 0 unspecified atom stereocenters. The van der Waals surface area contributed by atoms with E-state index in [-0.39, 0.29) is 11.7 Å². The molecular formula is C21H15BrN2O2. The van der Waals surface area contributed by atoms with Crippen LogP contribution in [0.1, 0.15) is 21.7 Å². The van der Waals surface area contributed by atoms with Crippen LogP contribution in [-0.2, 0) is 0 Å². The van der Waals surface area contributed by atoms with Crippen LogP contribution in [0.4, 0.5) is 0 Å². The Morgan fingerprint density at radius 1 is 1.08 bits per heavy atom. The largest absolute Gasteiger partial charge is 0.451 e. The number of amides is 1. The summed E-state index contributed by atoms with van der Waals surface area (Å²) >= 11 is 3.48. The second-order valence-electron chi connectivity index (χ2n) is 6.02. The molecule has 3 aromatic carbocycles. The van der Waals surface area contributed by atoms with Gasteiger partial charge in [-0.25, -0.2) is 5.43 Å². The molecule has 0 fully saturated rings. The molecule has 0 aliphatic rings. The molecular weight excluding hydrogens is 392 g/mol. The number of nitrogens with zero attached hydrogens (tertiary/aromatic N) is 1. The van der Waals surface area contributed by atoms with Gasteiger partial charge < -0.3 is 4.42 Å². The molecule has 0 saturated carbocycles. The maximum atomic E-state index is 12.3. The topological polar surface area (TPSA) is 54.6 Å². The van der Waals surface area contributed by atoms with Gasteiger partial charge in [-0.3, -0.25) is 4.79 Å². The molecule has 0 radical (unpaired) electrons. The molecule has 26 heavy (non-hydrogen) atoms. The molecule has 128 valence electrons. The minimum absolute atomic E-state index is 0.235. The normalized spacial score (nSPS) is 11.5. The summed E-state index contributed by atoms with van der Waals surface area (Å²) in [4.78, 5) is 12.3. The van der Waals surface area contributed by atoms with Crippen molar-refractivity contribution in [3.05, 3.63) is 82.0 Å². The van der Waals surface area contributed by atoms with Crippen molar-refractivity contribution in [2.45, 2.75) is 6.92 Å². The van der Waals surface area contributed by atoms with Gasteiger partial charge in [-0.2, -0.15) is 5.10 Å². The van der Waals surface area contributed by atoms with Crippen molar-refractivity contribution in [3.63, 3.8) is 0 Å². The molecule has 1 aromatic heterocycles. The number of nitrogens with one attached hydrogen (secondary N) is 1. The summed E-state index contributed by atoms with van der Waals surface area (Å²) < 4.78 is 6.68. The van der Waals surface area contributed by atoms with Gasteiger partial charge in [0, 0.05) is 9.86 Å². The van der Waals surface area contributed by atoms with Gasteiger partial charge in [-0.05, 0) is 47.0 Å². The number of hydrogen-bond acceptors (Lipinski definition) is 3. The zero-order valence-electron chi connectivity index (χ0n) is 14.0. The van der Waals surface area contributed by atoms with Crippen LogP contribution in [0.3, 0.4) is 0 Å². The average Bonchev–Trinajstić information content (AvgIpc) is 3.09. The number of halogens is 1. The number of hydrogen-bond donors (Lipinski definition) is 1. The number of rotatable bonds is 3. The first-order valence-electron chi connectivity index (χ1n) is 8.13. The molecule has 4 rings (SSSR count). The molecule has 0 aliphatic carbocycles. The summed E-state index contributed by atoms with van der Waals surface area (Å²) in [5, 5.41) is 7.10. The van der Waals surface area contributed by atoms with Crippen LogP contribution < -0.4 is 5.43 Å². The van der Waals surface area contributed by atoms with E-state index in [1.807, 2.05) is 61.5 Å². The number of hydrazone groups is 1. The number of aryl methyl sites for hydroxylation is 1. The highest BCUT2D eigenvalue weighted by molar-refractivity contribution is 9.10. The van der Waals surface area contributed by atoms with E-state index in [4.69, 9.17) is 4.42 Å². The highest BCUT2D eigenvalue weighted by atomic mass is 79.9. The highest BCUT2D eigenvalue weighted by Gasteiger charge is 2.13. The highest BCUT2D eigenvalue weighted by Crippen LogP contribution is 2.28. The van der Waals surface area contributed by atoms with Crippen LogP contribution in [0, 0.1) is 6.92 Å². The van der Waals surface area contributed by atoms with Gasteiger partial charge in [-0.15, -0.1) is 0 Å². The van der Waals surface area contributed by atoms with Crippen molar-refractivity contribution >= 4 is 49.8 Å². The second-order valence-corrected chi connectivity index (χ2v) is 6.87. The van der Waals surface area contributed by atoms with E-state index in [0.29, 0.717) is 5.58 Å². The van der Waals surface area contributed by atoms with Gasteiger partial charge in [0.25, 0.3) is 0 Å². The van der Waals surface area contributed by atoms with Crippen LogP contribution in [0.25, 0.3) is 21.7 Å². The number of fused-ring (bicyclic) bond motifs is 3. The predicted octanol–water partition coefficient (Wildman–Crippen LogP) is 5.42. The van der Waals surface area contributed by atoms with Crippen molar-refractivity contribution < 1.29 is 9.21 Å². The molecule has 1 heterocycles. The van der Waals surface area contributed by atoms with Crippen molar-refractivity contribution in [1.29, 1.82) is 0 Å². The Morgan fingerprint density at radius 2 is 1.92 bits per heavy atom. The summed E-state index contributed by atoms with van der Waals surface area (Å²) in [5.74, 6) is -0.147. The Morgan fingerprint density at radius 3 is 2.77 bits per heavy atom. The van der Waals surface area contributed by atoms with Gasteiger partial charge in [0.15, 0.2) is 5.76 Å². The Kier molecular flexibility index (Phi) is 4.31. The van der Waals surface area contributed by atoms with Gasteiger partial charge in [-0.1, -0.05) is 58.4 Å². The lowest BCUT2D eigenvalue weighted by molar-refractivity contribution is 0.0929. The number of carbonyl (C=O) groups is 1. The van der Waals surface area contributed by atoms with Crippen molar-refractivity contribution in [1.82, 2.24) is 5.43 Å². The van der Waals surface area contributed by atoms with Crippen LogP contribution in [0.5, 0.6) is 0 Å². The van der Waals surface area contributed by atoms with E-state index in [1.54, 1.807) is 12.3 Å². The van der Waals surface area contributed by atoms with E-state index < -0.39 is 0 Å². The Balaban J connectivity index is 1.57. The maximum absolute atomic E-state index is 12.3. The summed E-state index contributed by atoms with van der Waals surface area (Å²) in [7, 11) is 0. The third kappa shape index (κ3) is 3.13. The maximum Gasteiger partial charge on any atom is 0.307 e. The quantitative estimate of drug-likeness (QED) is 0.364. The monoisotopic (exact) mass is 406 g/mol. The van der Waals surface area contributed by atoms with Crippen LogP contribution >= 0.6 is 15.9 Å². The molecule has 1 N–H and O–H groups in total. The Bertz CT molecular complexity index is 1160. The number of carbonyl (C=O) groups excluding carboxylic acids is 1. The first kappa shape index (κ1) is 16.5. The summed E-state index contributed by atoms with van der Waals surface area (Å²) in [5.41, 5.74) is 5.22. The van der Waals surface area contributed by atoms with E-state index >= 15 is 0 Å². The van der Waals surface area contributed by atoms with Gasteiger partial charge in [0.05, 0.1) is 6.21 Å². The minimum atomic E-state index is -0.382. The smallest absolute Gasteiger partial charge is 0.307 e. The van der Waals surface area contributed by atoms with E-state index in [2.05, 4.69) is 26.5 Å². The third-order valence-corrected chi connectivity index (χ3v) is 5.08. The zero-order valence-corrected chi connectivity index (χ0v) is 15.6. The molecule has 4 nitrogen and oxygen atoms in total. The lowest BCUT2D eigenvalue weighted by Gasteiger charge is -1.99. The summed E-state index contributed by atoms with van der Waals surface area (Å²) in [6.45, 7) is 2.01. The number of furan rings is 1. The minimum Gasteiger partial charge on any atom is -0.451 e. The third-order valence-electron chi connectivity index (χ3n) is 4.23. The van der Waals surface area contributed by atoms with Crippen molar-refractivity contribution in [3.8, 4) is 0 Å². The van der Waals surface area contributed by atoms with E-state index in [0.717, 1.165) is 31.8 Å². The van der Waals surface area contributed by atoms with Gasteiger partial charge in [0.1, 0.15) is 5.58 Å². The van der Waals surface area contributed by atoms with Gasteiger partial charge >= 0.3 is 5.91 Å². The molecule has 0 atom stereocenters. The second kappa shape index (κ2) is 6.77. The lowest BCUT2D eigenvalue weighted by atomic mass is 10.1. The predicted molar refractivity (Wildman–Crippen MR) is 108 cm³/mol. The van der Waals surface area contributed by atoms with Crippen molar-refractivity contribution in [2.75, 3.05) is 0 Å². The van der Waals surface area contributed by atoms with Crippen LogP contribution in [0.2, 0.25) is 0 Å². The van der Waals surface area contributed by atoms with Crippen molar-refractivity contribution in [2.24, 2.45) is 5.10 Å². The standard InChI is InChI=1S/C21H15BrN2O2/c1-13-6-7-14(10-18(13)22)12-23-24-21(25)20-11-17-16-5-3-2-4-15(16)8-9-19(17)26-20/h2-12H,1H3,(H,24,25)/b23-12+. The average molecular weight is 407 g/mol. The molecule has 0 spiro atoms. The fourth-order valence-corrected chi connectivity index (χ4v) is 3.21. The molecule has 0 aliphatic heterocycles. The van der Waals surface area contributed by atoms with Crippen LogP contribution in [0.15, 0.2) is 74.7 Å². The fraction of sp³-hybridized carbons (Fsp3) is 0.0476. The molecule has 0 bridgehead atoms. The first-order chi connectivity index (χ1) is 12.6. The fourth-order valence-electron chi connectivity index (χ4n) is 2.81. The summed E-state index contributed by atoms with van der Waals surface area (Å²) in [6, 6.07) is 19.5. The van der Waals surface area contributed by atoms with E-state index in [1.165, 1.54) is 0 Å². The zero-order chi connectivity index (χ0) is 18.1. The first-order valence-corrected chi connectivity index (χ1v) is 8.92. The summed E-state index contributed by atoms with van der Waals surface area (Å²) in [6.07, 6.45) is 1.60. The molecule has 1 amide bonds. The Hall–Kier alpha value is -2.92. The van der Waals surface area contributed by atoms with Gasteiger partial charge in [0.2, 0.25) is 0 Å². The molecule has 5 heteroatoms. The Labute approximate surface area is 158 Å². The lowest BCUT2D eigenvalue weighted by Crippen LogP contribution is -2.16.